The molecule has 2 rings (SSSR count). The molecule has 1 aromatic rings. The van der Waals surface area contributed by atoms with E-state index in [1.54, 1.807) is 0 Å². The Kier molecular flexibility index (Phi) is 3.71. The molecule has 1 amide bonds. The number of hydrogen-bond acceptors (Lipinski definition) is 3. The number of aromatic nitrogens is 2. The van der Waals surface area contributed by atoms with Crippen molar-refractivity contribution in [3.8, 4) is 0 Å². The van der Waals surface area contributed by atoms with Gasteiger partial charge in [-0.25, -0.2) is 0 Å². The van der Waals surface area contributed by atoms with Crippen LogP contribution in [0.3, 0.4) is 0 Å². The number of aryl methyl sites for hydroxylation is 2. The summed E-state index contributed by atoms with van der Waals surface area (Å²) < 4.78 is 0. The van der Waals surface area contributed by atoms with Crippen molar-refractivity contribution in [3.05, 3.63) is 23.0 Å². The van der Waals surface area contributed by atoms with Gasteiger partial charge in [-0.1, -0.05) is 12.8 Å². The summed E-state index contributed by atoms with van der Waals surface area (Å²) in [7, 11) is 0. The summed E-state index contributed by atoms with van der Waals surface area (Å²) in [6, 6.07) is 1.84. The van der Waals surface area contributed by atoms with Crippen LogP contribution < -0.4 is 0 Å². The second-order valence-electron chi connectivity index (χ2n) is 4.69. The van der Waals surface area contributed by atoms with Gasteiger partial charge in [0.2, 0.25) is 0 Å². The zero-order valence-electron chi connectivity index (χ0n) is 10.6. The monoisotopic (exact) mass is 233 g/mol. The van der Waals surface area contributed by atoms with E-state index >= 15 is 0 Å². The first-order chi connectivity index (χ1) is 8.18. The van der Waals surface area contributed by atoms with E-state index in [0.717, 1.165) is 37.3 Å². The van der Waals surface area contributed by atoms with Gasteiger partial charge in [0.25, 0.3) is 5.91 Å². The minimum atomic E-state index is 0.113. The molecule has 1 fully saturated rings. The van der Waals surface area contributed by atoms with Crippen LogP contribution >= 0.6 is 0 Å². The van der Waals surface area contributed by atoms with E-state index in [4.69, 9.17) is 0 Å². The van der Waals surface area contributed by atoms with Gasteiger partial charge in [-0.2, -0.15) is 10.2 Å². The lowest BCUT2D eigenvalue weighted by atomic mass is 10.1. The molecule has 0 bridgehead atoms. The summed E-state index contributed by atoms with van der Waals surface area (Å²) in [6.45, 7) is 5.46. The minimum Gasteiger partial charge on any atom is -0.339 e. The molecule has 0 aliphatic carbocycles. The Balaban J connectivity index is 2.20. The molecule has 1 saturated heterocycles. The molecule has 1 aliphatic rings. The summed E-state index contributed by atoms with van der Waals surface area (Å²) in [5, 5.41) is 7.99. The van der Waals surface area contributed by atoms with E-state index in [1.165, 1.54) is 12.8 Å². The van der Waals surface area contributed by atoms with Crippen LogP contribution in [0, 0.1) is 13.8 Å². The third kappa shape index (κ3) is 2.81. The van der Waals surface area contributed by atoms with Crippen LogP contribution in [0.1, 0.15) is 47.4 Å². The lowest BCUT2D eigenvalue weighted by Gasteiger charge is -2.20. The molecule has 0 atom stereocenters. The lowest BCUT2D eigenvalue weighted by molar-refractivity contribution is 0.0760. The second kappa shape index (κ2) is 5.25. The molecule has 92 valence electrons. The fourth-order valence-electron chi connectivity index (χ4n) is 2.21. The Morgan fingerprint density at radius 3 is 2.41 bits per heavy atom. The topological polar surface area (TPSA) is 46.1 Å². The number of likely N-dealkylation sites (tertiary alicyclic amines) is 1. The average Bonchev–Trinajstić information content (AvgIpc) is 2.60. The summed E-state index contributed by atoms with van der Waals surface area (Å²) in [5.74, 6) is 0.113. The highest BCUT2D eigenvalue weighted by Gasteiger charge is 2.19. The highest BCUT2D eigenvalue weighted by atomic mass is 16.2. The number of hydrogen-bond donors (Lipinski definition) is 0. The largest absolute Gasteiger partial charge is 0.339 e. The third-order valence-electron chi connectivity index (χ3n) is 3.22. The smallest absolute Gasteiger partial charge is 0.255 e. The van der Waals surface area contributed by atoms with Crippen molar-refractivity contribution < 1.29 is 4.79 Å². The fraction of sp³-hybridized carbons (Fsp3) is 0.615. The number of carbonyl (C=O) groups is 1. The third-order valence-corrected chi connectivity index (χ3v) is 3.22. The van der Waals surface area contributed by atoms with Crippen molar-refractivity contribution in [2.75, 3.05) is 13.1 Å². The van der Waals surface area contributed by atoms with Crippen LogP contribution in [0.15, 0.2) is 6.07 Å². The van der Waals surface area contributed by atoms with Gasteiger partial charge in [-0.3, -0.25) is 4.79 Å². The SMILES string of the molecule is Cc1cc(C(=O)N2CCCCCC2)c(C)nn1. The molecular weight excluding hydrogens is 214 g/mol. The van der Waals surface area contributed by atoms with Crippen molar-refractivity contribution >= 4 is 5.91 Å². The van der Waals surface area contributed by atoms with Gasteiger partial charge in [0.1, 0.15) is 0 Å². The maximum Gasteiger partial charge on any atom is 0.255 e. The summed E-state index contributed by atoms with van der Waals surface area (Å²) in [6.07, 6.45) is 4.69. The fourth-order valence-corrected chi connectivity index (χ4v) is 2.21. The van der Waals surface area contributed by atoms with Crippen molar-refractivity contribution in [1.82, 2.24) is 15.1 Å². The van der Waals surface area contributed by atoms with E-state index in [-0.39, 0.29) is 5.91 Å². The van der Waals surface area contributed by atoms with Gasteiger partial charge in [0.05, 0.1) is 17.0 Å². The van der Waals surface area contributed by atoms with E-state index < -0.39 is 0 Å². The first kappa shape index (κ1) is 12.0. The molecule has 0 aromatic carbocycles. The Hall–Kier alpha value is -1.45. The number of carbonyl (C=O) groups excluding carboxylic acids is 1. The molecule has 17 heavy (non-hydrogen) atoms. The first-order valence-electron chi connectivity index (χ1n) is 6.28. The van der Waals surface area contributed by atoms with Crippen LogP contribution in [0.5, 0.6) is 0 Å². The maximum absolute atomic E-state index is 12.4. The highest BCUT2D eigenvalue weighted by molar-refractivity contribution is 5.95. The standard InChI is InChI=1S/C13H19N3O/c1-10-9-12(11(2)15-14-10)13(17)16-7-5-3-4-6-8-16/h9H,3-8H2,1-2H3. The molecule has 0 saturated carbocycles. The number of amides is 1. The zero-order valence-corrected chi connectivity index (χ0v) is 10.6. The van der Waals surface area contributed by atoms with Gasteiger partial charge < -0.3 is 4.90 Å². The summed E-state index contributed by atoms with van der Waals surface area (Å²) in [5.41, 5.74) is 2.23. The van der Waals surface area contributed by atoms with Gasteiger partial charge in [-0.05, 0) is 32.8 Å². The van der Waals surface area contributed by atoms with Crippen LogP contribution in [-0.2, 0) is 0 Å². The normalized spacial score (nSPS) is 16.7. The Morgan fingerprint density at radius 1 is 1.12 bits per heavy atom. The van der Waals surface area contributed by atoms with Crippen LogP contribution in [0.2, 0.25) is 0 Å². The molecule has 4 nitrogen and oxygen atoms in total. The van der Waals surface area contributed by atoms with Crippen molar-refractivity contribution in [2.24, 2.45) is 0 Å². The molecule has 0 spiro atoms. The van der Waals surface area contributed by atoms with Crippen LogP contribution in [-0.4, -0.2) is 34.1 Å². The second-order valence-corrected chi connectivity index (χ2v) is 4.69. The highest BCUT2D eigenvalue weighted by Crippen LogP contribution is 2.15. The molecule has 4 heteroatoms. The van der Waals surface area contributed by atoms with E-state index in [0.29, 0.717) is 5.56 Å². The van der Waals surface area contributed by atoms with E-state index in [2.05, 4.69) is 10.2 Å². The Bertz CT molecular complexity index is 409. The average molecular weight is 233 g/mol. The molecule has 0 unspecified atom stereocenters. The van der Waals surface area contributed by atoms with Crippen LogP contribution in [0.4, 0.5) is 0 Å². The minimum absolute atomic E-state index is 0.113. The Morgan fingerprint density at radius 2 is 1.76 bits per heavy atom. The zero-order chi connectivity index (χ0) is 12.3. The molecule has 2 heterocycles. The maximum atomic E-state index is 12.4. The number of rotatable bonds is 1. The van der Waals surface area contributed by atoms with Gasteiger partial charge >= 0.3 is 0 Å². The van der Waals surface area contributed by atoms with Crippen LogP contribution in [0.25, 0.3) is 0 Å². The van der Waals surface area contributed by atoms with Gasteiger partial charge in [0, 0.05) is 13.1 Å². The summed E-state index contributed by atoms with van der Waals surface area (Å²) >= 11 is 0. The summed E-state index contributed by atoms with van der Waals surface area (Å²) in [4.78, 5) is 14.3. The first-order valence-corrected chi connectivity index (χ1v) is 6.28. The lowest BCUT2D eigenvalue weighted by Crippen LogP contribution is -2.32. The molecule has 0 N–H and O–H groups in total. The van der Waals surface area contributed by atoms with Gasteiger partial charge in [-0.15, -0.1) is 0 Å². The van der Waals surface area contributed by atoms with Crippen molar-refractivity contribution in [1.29, 1.82) is 0 Å². The molecule has 1 aromatic heterocycles. The predicted molar refractivity (Wildman–Crippen MR) is 65.9 cm³/mol. The number of nitrogens with zero attached hydrogens (tertiary/aromatic N) is 3. The Labute approximate surface area is 102 Å². The van der Waals surface area contributed by atoms with Crippen molar-refractivity contribution in [2.45, 2.75) is 39.5 Å². The molecule has 0 radical (unpaired) electrons. The quantitative estimate of drug-likeness (QED) is 0.746. The van der Waals surface area contributed by atoms with Gasteiger partial charge in [0.15, 0.2) is 0 Å². The van der Waals surface area contributed by atoms with Crippen molar-refractivity contribution in [3.63, 3.8) is 0 Å². The predicted octanol–water partition coefficient (Wildman–Crippen LogP) is 2.11. The van der Waals surface area contributed by atoms with E-state index in [1.807, 2.05) is 24.8 Å². The molecule has 1 aliphatic heterocycles. The molecular formula is C13H19N3O. The van der Waals surface area contributed by atoms with E-state index in [9.17, 15) is 4.79 Å².